The van der Waals surface area contributed by atoms with E-state index >= 15 is 0 Å². The monoisotopic (exact) mass is 380 g/mol. The summed E-state index contributed by atoms with van der Waals surface area (Å²) in [4.78, 5) is 28.3. The Labute approximate surface area is 162 Å². The first-order valence-electron chi connectivity index (χ1n) is 8.67. The molecule has 2 aromatic carbocycles. The van der Waals surface area contributed by atoms with Crippen LogP contribution < -0.4 is 10.1 Å². The third-order valence-corrected chi connectivity index (χ3v) is 4.23. The summed E-state index contributed by atoms with van der Waals surface area (Å²) in [5.41, 5.74) is 1.53. The molecule has 3 rings (SSSR count). The number of aliphatic carboxylic acids is 1. The molecule has 1 amide bonds. The minimum Gasteiger partial charge on any atom is -0.497 e. The second kappa shape index (κ2) is 8.39. The lowest BCUT2D eigenvalue weighted by Gasteiger charge is -2.17. The molecule has 1 heterocycles. The predicted octanol–water partition coefficient (Wildman–Crippen LogP) is 3.60. The van der Waals surface area contributed by atoms with E-state index in [4.69, 9.17) is 9.15 Å². The second-order valence-corrected chi connectivity index (χ2v) is 6.19. The van der Waals surface area contributed by atoms with Gasteiger partial charge in [0.05, 0.1) is 19.6 Å². The number of aromatic nitrogens is 1. The maximum atomic E-state index is 12.7. The average Bonchev–Trinajstić information content (AvgIpc) is 3.10. The number of carbonyl (C=O) groups is 2. The number of nitrogens with zero attached hydrogens (tertiary/aromatic N) is 1. The highest BCUT2D eigenvalue weighted by molar-refractivity contribution is 5.94. The molecule has 0 aliphatic carbocycles. The van der Waals surface area contributed by atoms with Gasteiger partial charge in [0, 0.05) is 5.56 Å². The summed E-state index contributed by atoms with van der Waals surface area (Å²) in [5, 5.41) is 12.0. The van der Waals surface area contributed by atoms with E-state index in [2.05, 4.69) is 10.3 Å². The van der Waals surface area contributed by atoms with Crippen LogP contribution in [0.2, 0.25) is 0 Å². The molecule has 3 aromatic rings. The Morgan fingerprint density at radius 2 is 1.82 bits per heavy atom. The normalized spacial score (nSPS) is 11.6. The maximum Gasteiger partial charge on any atom is 0.305 e. The van der Waals surface area contributed by atoms with E-state index in [0.29, 0.717) is 23.0 Å². The van der Waals surface area contributed by atoms with Crippen LogP contribution in [0.25, 0.3) is 11.5 Å². The Morgan fingerprint density at radius 3 is 2.43 bits per heavy atom. The van der Waals surface area contributed by atoms with E-state index in [1.165, 1.54) is 0 Å². The predicted molar refractivity (Wildman–Crippen MR) is 102 cm³/mol. The van der Waals surface area contributed by atoms with Crippen LogP contribution in [0.5, 0.6) is 5.75 Å². The number of oxazole rings is 1. The highest BCUT2D eigenvalue weighted by Gasteiger charge is 2.23. The lowest BCUT2D eigenvalue weighted by Crippen LogP contribution is -2.30. The molecule has 0 aliphatic rings. The summed E-state index contributed by atoms with van der Waals surface area (Å²) in [7, 11) is 1.54. The number of benzene rings is 2. The van der Waals surface area contributed by atoms with Gasteiger partial charge in [-0.1, -0.05) is 30.3 Å². The second-order valence-electron chi connectivity index (χ2n) is 6.19. The number of carbonyl (C=O) groups excluding carboxylic acids is 1. The molecule has 1 atom stereocenters. The molecule has 0 saturated carbocycles. The van der Waals surface area contributed by atoms with Crippen molar-refractivity contribution in [2.75, 3.05) is 7.11 Å². The molecule has 0 saturated heterocycles. The zero-order valence-corrected chi connectivity index (χ0v) is 15.5. The lowest BCUT2D eigenvalue weighted by atomic mass is 10.0. The topological polar surface area (TPSA) is 102 Å². The standard InChI is InChI=1S/C21H20N2O5/c1-13-19(23-21(28-13)15-6-4-3-5-7-15)20(26)22-17(12-18(24)25)14-8-10-16(27-2)11-9-14/h3-11,17H,12H2,1-2H3,(H,22,26)(H,24,25)/t17-/m0/s1. The molecule has 0 bridgehead atoms. The number of amides is 1. The average molecular weight is 380 g/mol. The quantitative estimate of drug-likeness (QED) is 0.649. The van der Waals surface area contributed by atoms with E-state index in [1.807, 2.05) is 30.3 Å². The minimum atomic E-state index is -1.03. The van der Waals surface area contributed by atoms with E-state index in [1.54, 1.807) is 38.3 Å². The molecule has 28 heavy (non-hydrogen) atoms. The number of ether oxygens (including phenoxy) is 1. The smallest absolute Gasteiger partial charge is 0.305 e. The van der Waals surface area contributed by atoms with Crippen molar-refractivity contribution < 1.29 is 23.8 Å². The zero-order chi connectivity index (χ0) is 20.1. The van der Waals surface area contributed by atoms with Crippen LogP contribution in [0.1, 0.15) is 34.3 Å². The molecule has 7 heteroatoms. The summed E-state index contributed by atoms with van der Waals surface area (Å²) < 4.78 is 10.7. The van der Waals surface area contributed by atoms with E-state index in [-0.39, 0.29) is 12.1 Å². The summed E-state index contributed by atoms with van der Waals surface area (Å²) in [6, 6.07) is 15.4. The van der Waals surface area contributed by atoms with E-state index in [0.717, 1.165) is 5.56 Å². The third-order valence-electron chi connectivity index (χ3n) is 4.23. The summed E-state index contributed by atoms with van der Waals surface area (Å²) in [6.45, 7) is 1.65. The molecule has 2 N–H and O–H groups in total. The highest BCUT2D eigenvalue weighted by Crippen LogP contribution is 2.24. The Hall–Kier alpha value is -3.61. The van der Waals surface area contributed by atoms with Gasteiger partial charge in [-0.05, 0) is 36.8 Å². The highest BCUT2D eigenvalue weighted by atomic mass is 16.5. The molecule has 144 valence electrons. The van der Waals surface area contributed by atoms with Crippen molar-refractivity contribution >= 4 is 11.9 Å². The van der Waals surface area contributed by atoms with Gasteiger partial charge in [-0.25, -0.2) is 4.98 Å². The van der Waals surface area contributed by atoms with Gasteiger partial charge in [0.25, 0.3) is 5.91 Å². The van der Waals surface area contributed by atoms with Crippen LogP contribution >= 0.6 is 0 Å². The number of hydrogen-bond donors (Lipinski definition) is 2. The van der Waals surface area contributed by atoms with E-state index in [9.17, 15) is 14.7 Å². The fourth-order valence-electron chi connectivity index (χ4n) is 2.80. The van der Waals surface area contributed by atoms with Crippen LogP contribution in [-0.4, -0.2) is 29.1 Å². The molecule has 7 nitrogen and oxygen atoms in total. The number of rotatable bonds is 7. The number of carboxylic acid groups (broad SMARTS) is 1. The number of carboxylic acids is 1. The fraction of sp³-hybridized carbons (Fsp3) is 0.190. The minimum absolute atomic E-state index is 0.128. The van der Waals surface area contributed by atoms with Gasteiger partial charge in [0.1, 0.15) is 11.5 Å². The van der Waals surface area contributed by atoms with Crippen molar-refractivity contribution in [3.63, 3.8) is 0 Å². The molecular weight excluding hydrogens is 360 g/mol. The lowest BCUT2D eigenvalue weighted by molar-refractivity contribution is -0.137. The van der Waals surface area contributed by atoms with Crippen molar-refractivity contribution in [3.05, 3.63) is 71.6 Å². The van der Waals surface area contributed by atoms with Crippen LogP contribution in [-0.2, 0) is 4.79 Å². The largest absolute Gasteiger partial charge is 0.497 e. The van der Waals surface area contributed by atoms with Crippen molar-refractivity contribution in [1.29, 1.82) is 0 Å². The molecule has 0 radical (unpaired) electrons. The SMILES string of the molecule is COc1ccc([C@H](CC(=O)O)NC(=O)c2nc(-c3ccccc3)oc2C)cc1. The van der Waals surface area contributed by atoms with Crippen LogP contribution in [0.4, 0.5) is 0 Å². The summed E-state index contributed by atoms with van der Waals surface area (Å²) >= 11 is 0. The molecule has 0 fully saturated rings. The number of aryl methyl sites for hydroxylation is 1. The molecule has 0 aliphatic heterocycles. The summed E-state index contributed by atoms with van der Waals surface area (Å²) in [6.07, 6.45) is -0.263. The van der Waals surface area contributed by atoms with E-state index < -0.39 is 17.9 Å². The third kappa shape index (κ3) is 4.37. The van der Waals surface area contributed by atoms with Gasteiger partial charge in [0.15, 0.2) is 5.69 Å². The van der Waals surface area contributed by atoms with Crippen LogP contribution in [0.15, 0.2) is 59.0 Å². The van der Waals surface area contributed by atoms with Gasteiger partial charge in [-0.15, -0.1) is 0 Å². The Morgan fingerprint density at radius 1 is 1.14 bits per heavy atom. The molecule has 0 unspecified atom stereocenters. The summed E-state index contributed by atoms with van der Waals surface area (Å²) in [5.74, 6) is -0.180. The van der Waals surface area contributed by atoms with Crippen molar-refractivity contribution in [2.24, 2.45) is 0 Å². The Balaban J connectivity index is 1.83. The first-order valence-corrected chi connectivity index (χ1v) is 8.67. The van der Waals surface area contributed by atoms with Gasteiger partial charge in [-0.2, -0.15) is 0 Å². The van der Waals surface area contributed by atoms with Crippen molar-refractivity contribution in [1.82, 2.24) is 10.3 Å². The fourth-order valence-corrected chi connectivity index (χ4v) is 2.80. The molecule has 1 aromatic heterocycles. The number of nitrogens with one attached hydrogen (secondary N) is 1. The Kier molecular flexibility index (Phi) is 5.74. The first-order chi connectivity index (χ1) is 13.5. The number of methoxy groups -OCH3 is 1. The number of hydrogen-bond acceptors (Lipinski definition) is 5. The van der Waals surface area contributed by atoms with Crippen LogP contribution in [0, 0.1) is 6.92 Å². The van der Waals surface area contributed by atoms with Gasteiger partial charge < -0.3 is 19.6 Å². The van der Waals surface area contributed by atoms with Gasteiger partial charge >= 0.3 is 5.97 Å². The van der Waals surface area contributed by atoms with Gasteiger partial charge in [0.2, 0.25) is 5.89 Å². The first kappa shape index (κ1) is 19.2. The zero-order valence-electron chi connectivity index (χ0n) is 15.5. The van der Waals surface area contributed by atoms with Crippen molar-refractivity contribution in [2.45, 2.75) is 19.4 Å². The Bertz CT molecular complexity index is 964. The molecular formula is C21H20N2O5. The maximum absolute atomic E-state index is 12.7. The molecule has 0 spiro atoms. The van der Waals surface area contributed by atoms with Crippen molar-refractivity contribution in [3.8, 4) is 17.2 Å². The van der Waals surface area contributed by atoms with Crippen LogP contribution in [0.3, 0.4) is 0 Å². The van der Waals surface area contributed by atoms with Gasteiger partial charge in [-0.3, -0.25) is 9.59 Å².